The number of nitrogens with one attached hydrogen (secondary N) is 1. The SMILES string of the molecule is CN(CCCn1cccn1)C(=O)[C@]12CNC[C@H]1CN(C(=O)C1CC1)C2. The summed E-state index contributed by atoms with van der Waals surface area (Å²) in [6.45, 7) is 4.36. The predicted molar refractivity (Wildman–Crippen MR) is 92.6 cm³/mol. The molecule has 25 heavy (non-hydrogen) atoms. The molecule has 0 bridgehead atoms. The summed E-state index contributed by atoms with van der Waals surface area (Å²) in [7, 11) is 1.89. The lowest BCUT2D eigenvalue weighted by Gasteiger charge is -2.31. The molecule has 2 amide bonds. The zero-order chi connectivity index (χ0) is 17.4. The van der Waals surface area contributed by atoms with Crippen LogP contribution in [0.15, 0.2) is 18.5 Å². The number of fused-ring (bicyclic) bond motifs is 1. The molecule has 0 unspecified atom stereocenters. The maximum Gasteiger partial charge on any atom is 0.232 e. The van der Waals surface area contributed by atoms with Gasteiger partial charge < -0.3 is 15.1 Å². The van der Waals surface area contributed by atoms with Crippen LogP contribution in [0.2, 0.25) is 0 Å². The fourth-order valence-electron chi connectivity index (χ4n) is 4.36. The molecule has 0 spiro atoms. The van der Waals surface area contributed by atoms with Crippen molar-refractivity contribution in [2.45, 2.75) is 25.8 Å². The lowest BCUT2D eigenvalue weighted by molar-refractivity contribution is -0.141. The van der Waals surface area contributed by atoms with Crippen LogP contribution in [0.5, 0.6) is 0 Å². The van der Waals surface area contributed by atoms with Crippen LogP contribution in [0.4, 0.5) is 0 Å². The van der Waals surface area contributed by atoms with E-state index in [1.165, 1.54) is 0 Å². The minimum atomic E-state index is -0.426. The van der Waals surface area contributed by atoms with Gasteiger partial charge in [0.15, 0.2) is 0 Å². The van der Waals surface area contributed by atoms with Gasteiger partial charge in [-0.15, -0.1) is 0 Å². The topological polar surface area (TPSA) is 70.5 Å². The van der Waals surface area contributed by atoms with E-state index in [1.807, 2.05) is 33.8 Å². The van der Waals surface area contributed by atoms with Crippen LogP contribution in [0.3, 0.4) is 0 Å². The zero-order valence-corrected chi connectivity index (χ0v) is 14.9. The lowest BCUT2D eigenvalue weighted by Crippen LogP contribution is -2.48. The Bertz CT molecular complexity index is 642. The van der Waals surface area contributed by atoms with Crippen molar-refractivity contribution in [3.8, 4) is 0 Å². The highest BCUT2D eigenvalue weighted by molar-refractivity contribution is 5.87. The Morgan fingerprint density at radius 1 is 1.40 bits per heavy atom. The molecule has 3 heterocycles. The first-order valence-electron chi connectivity index (χ1n) is 9.33. The maximum atomic E-state index is 13.2. The molecule has 136 valence electrons. The van der Waals surface area contributed by atoms with Crippen molar-refractivity contribution < 1.29 is 9.59 Å². The molecule has 2 atom stereocenters. The summed E-state index contributed by atoms with van der Waals surface area (Å²) in [6.07, 6.45) is 6.63. The number of carbonyl (C=O) groups is 2. The highest BCUT2D eigenvalue weighted by atomic mass is 16.2. The number of nitrogens with zero attached hydrogens (tertiary/aromatic N) is 4. The largest absolute Gasteiger partial charge is 0.345 e. The predicted octanol–water partition coefficient (Wildman–Crippen LogP) is 0.190. The van der Waals surface area contributed by atoms with Crippen LogP contribution >= 0.6 is 0 Å². The Balaban J connectivity index is 1.37. The van der Waals surface area contributed by atoms with E-state index < -0.39 is 5.41 Å². The molecule has 3 aliphatic rings. The van der Waals surface area contributed by atoms with Gasteiger partial charge in [0.1, 0.15) is 0 Å². The van der Waals surface area contributed by atoms with Gasteiger partial charge in [0.05, 0.1) is 5.41 Å². The van der Waals surface area contributed by atoms with Gasteiger partial charge in [0.25, 0.3) is 0 Å². The molecular formula is C18H27N5O2. The number of hydrogen-bond donors (Lipinski definition) is 1. The Kier molecular flexibility index (Phi) is 4.27. The number of aromatic nitrogens is 2. The summed E-state index contributed by atoms with van der Waals surface area (Å²) in [5.41, 5.74) is -0.426. The number of carbonyl (C=O) groups excluding carboxylic acids is 2. The fourth-order valence-corrected chi connectivity index (χ4v) is 4.36. The molecule has 1 N–H and O–H groups in total. The molecule has 1 aromatic heterocycles. The molecule has 1 saturated carbocycles. The molecule has 3 fully saturated rings. The van der Waals surface area contributed by atoms with Gasteiger partial charge >= 0.3 is 0 Å². The van der Waals surface area contributed by atoms with E-state index in [1.54, 1.807) is 6.20 Å². The van der Waals surface area contributed by atoms with Gasteiger partial charge in [-0.25, -0.2) is 0 Å². The summed E-state index contributed by atoms with van der Waals surface area (Å²) >= 11 is 0. The fraction of sp³-hybridized carbons (Fsp3) is 0.722. The molecule has 4 rings (SSSR count). The zero-order valence-electron chi connectivity index (χ0n) is 14.9. The molecule has 0 radical (unpaired) electrons. The van der Waals surface area contributed by atoms with E-state index >= 15 is 0 Å². The van der Waals surface area contributed by atoms with Crippen LogP contribution in [0.25, 0.3) is 0 Å². The Morgan fingerprint density at radius 2 is 2.24 bits per heavy atom. The van der Waals surface area contributed by atoms with Crippen molar-refractivity contribution in [2.24, 2.45) is 17.3 Å². The van der Waals surface area contributed by atoms with Gasteiger partial charge in [-0.2, -0.15) is 5.10 Å². The molecule has 1 aliphatic carbocycles. The summed E-state index contributed by atoms with van der Waals surface area (Å²) in [5, 5.41) is 7.58. The normalized spacial score (nSPS) is 28.2. The van der Waals surface area contributed by atoms with E-state index in [0.717, 1.165) is 38.9 Å². The Hall–Kier alpha value is -1.89. The first kappa shape index (κ1) is 16.6. The van der Waals surface area contributed by atoms with Crippen molar-refractivity contribution in [2.75, 3.05) is 39.8 Å². The average Bonchev–Trinajstić information content (AvgIpc) is 3.01. The number of amides is 2. The third-order valence-electron chi connectivity index (χ3n) is 5.98. The number of aryl methyl sites for hydroxylation is 1. The third kappa shape index (κ3) is 3.05. The number of likely N-dealkylation sites (tertiary alicyclic amines) is 1. The molecular weight excluding hydrogens is 318 g/mol. The lowest BCUT2D eigenvalue weighted by atomic mass is 9.79. The number of rotatable bonds is 6. The highest BCUT2D eigenvalue weighted by Crippen LogP contribution is 2.42. The first-order valence-corrected chi connectivity index (χ1v) is 9.33. The van der Waals surface area contributed by atoms with Gasteiger partial charge in [0, 0.05) is 70.5 Å². The van der Waals surface area contributed by atoms with Gasteiger partial charge in [-0.3, -0.25) is 14.3 Å². The van der Waals surface area contributed by atoms with Crippen molar-refractivity contribution in [3.05, 3.63) is 18.5 Å². The Morgan fingerprint density at radius 3 is 2.96 bits per heavy atom. The molecule has 7 heteroatoms. The van der Waals surface area contributed by atoms with Crippen molar-refractivity contribution in [3.63, 3.8) is 0 Å². The smallest absolute Gasteiger partial charge is 0.232 e. The van der Waals surface area contributed by atoms with Gasteiger partial charge in [0.2, 0.25) is 11.8 Å². The second-order valence-electron chi connectivity index (χ2n) is 7.83. The van der Waals surface area contributed by atoms with Crippen molar-refractivity contribution >= 4 is 11.8 Å². The summed E-state index contributed by atoms with van der Waals surface area (Å²) in [5.74, 6) is 0.930. The van der Waals surface area contributed by atoms with Gasteiger partial charge in [-0.05, 0) is 25.3 Å². The van der Waals surface area contributed by atoms with E-state index in [-0.39, 0.29) is 23.7 Å². The van der Waals surface area contributed by atoms with E-state index in [9.17, 15) is 9.59 Å². The summed E-state index contributed by atoms with van der Waals surface area (Å²) in [4.78, 5) is 29.5. The van der Waals surface area contributed by atoms with E-state index in [4.69, 9.17) is 0 Å². The standard InChI is InChI=1S/C18H27N5O2/c1-21(7-3-9-23-8-2-6-20-23)17(25)18-12-19-10-15(18)11-22(13-18)16(24)14-4-5-14/h2,6,8,14-15,19H,3-5,7,9-13H2,1H3/t15-,18-/m0/s1. The van der Waals surface area contributed by atoms with Crippen LogP contribution in [0, 0.1) is 17.3 Å². The van der Waals surface area contributed by atoms with Crippen LogP contribution in [0.1, 0.15) is 19.3 Å². The number of hydrogen-bond acceptors (Lipinski definition) is 4. The van der Waals surface area contributed by atoms with E-state index in [0.29, 0.717) is 19.6 Å². The minimum Gasteiger partial charge on any atom is -0.345 e. The molecule has 2 saturated heterocycles. The van der Waals surface area contributed by atoms with Crippen molar-refractivity contribution in [1.82, 2.24) is 24.9 Å². The average molecular weight is 345 g/mol. The van der Waals surface area contributed by atoms with E-state index in [2.05, 4.69) is 10.4 Å². The molecule has 1 aromatic rings. The quantitative estimate of drug-likeness (QED) is 0.799. The van der Waals surface area contributed by atoms with Crippen LogP contribution in [-0.4, -0.2) is 71.2 Å². The van der Waals surface area contributed by atoms with Crippen molar-refractivity contribution in [1.29, 1.82) is 0 Å². The highest BCUT2D eigenvalue weighted by Gasteiger charge is 2.57. The monoisotopic (exact) mass is 345 g/mol. The summed E-state index contributed by atoms with van der Waals surface area (Å²) < 4.78 is 1.89. The third-order valence-corrected chi connectivity index (χ3v) is 5.98. The van der Waals surface area contributed by atoms with Gasteiger partial charge in [-0.1, -0.05) is 0 Å². The second-order valence-corrected chi connectivity index (χ2v) is 7.83. The molecule has 0 aromatic carbocycles. The van der Waals surface area contributed by atoms with Crippen LogP contribution in [-0.2, 0) is 16.1 Å². The minimum absolute atomic E-state index is 0.189. The second kappa shape index (κ2) is 6.44. The Labute approximate surface area is 148 Å². The maximum absolute atomic E-state index is 13.2. The molecule has 7 nitrogen and oxygen atoms in total. The first-order chi connectivity index (χ1) is 12.1. The van der Waals surface area contributed by atoms with Crippen LogP contribution < -0.4 is 5.32 Å². The molecule has 2 aliphatic heterocycles. The summed E-state index contributed by atoms with van der Waals surface area (Å²) in [6, 6.07) is 1.91.